The summed E-state index contributed by atoms with van der Waals surface area (Å²) in [7, 11) is 2.13. The zero-order valence-electron chi connectivity index (χ0n) is 17.5. The van der Waals surface area contributed by atoms with Crippen LogP contribution in [0.5, 0.6) is 0 Å². The van der Waals surface area contributed by atoms with E-state index in [1.165, 1.54) is 11.8 Å². The average molecular weight is 468 g/mol. The molecule has 0 spiro atoms. The number of furan rings is 1. The van der Waals surface area contributed by atoms with Crippen LogP contribution in [0.3, 0.4) is 0 Å². The van der Waals surface area contributed by atoms with Crippen molar-refractivity contribution >= 4 is 46.7 Å². The second kappa shape index (κ2) is 9.32. The van der Waals surface area contributed by atoms with Crippen LogP contribution in [0.25, 0.3) is 5.57 Å². The first-order chi connectivity index (χ1) is 15.6. The molecule has 0 unspecified atom stereocenters. The van der Waals surface area contributed by atoms with Crippen molar-refractivity contribution < 1.29 is 4.42 Å². The van der Waals surface area contributed by atoms with Gasteiger partial charge in [0.05, 0.1) is 12.8 Å². The Morgan fingerprint density at radius 1 is 1.03 bits per heavy atom. The maximum absolute atomic E-state index is 6.03. The largest absolute Gasteiger partial charge is 0.465 e. The van der Waals surface area contributed by atoms with E-state index < -0.39 is 0 Å². The third kappa shape index (κ3) is 4.95. The molecule has 8 nitrogen and oxygen atoms in total. The fraction of sp³-hybridized carbons (Fsp3) is 0.273. The van der Waals surface area contributed by atoms with Crippen LogP contribution in [-0.4, -0.2) is 65.5 Å². The molecule has 0 aliphatic carbocycles. The van der Waals surface area contributed by atoms with Gasteiger partial charge in [0.15, 0.2) is 5.16 Å². The lowest BCUT2D eigenvalue weighted by Gasteiger charge is -2.32. The van der Waals surface area contributed by atoms with Gasteiger partial charge in [-0.2, -0.15) is 15.0 Å². The number of anilines is 2. The molecular formula is C22H22ClN7OS. The minimum Gasteiger partial charge on any atom is -0.465 e. The van der Waals surface area contributed by atoms with Crippen LogP contribution >= 0.6 is 23.4 Å². The van der Waals surface area contributed by atoms with Crippen molar-refractivity contribution in [2.24, 2.45) is 4.99 Å². The number of aromatic nitrogens is 3. The number of benzene rings is 1. The molecule has 2 aliphatic rings. The SMILES string of the molecule is CN1CCN(c2nc(NC3=NCC(c4ccco4)=C3)nc(Sc3ccc(Cl)cc3)n2)CC1. The predicted molar refractivity (Wildman–Crippen MR) is 128 cm³/mol. The summed E-state index contributed by atoms with van der Waals surface area (Å²) in [6.45, 7) is 4.23. The van der Waals surface area contributed by atoms with Crippen LogP contribution in [0.1, 0.15) is 5.76 Å². The molecular weight excluding hydrogens is 446 g/mol. The minimum absolute atomic E-state index is 0.473. The number of amidine groups is 1. The van der Waals surface area contributed by atoms with Gasteiger partial charge in [0.1, 0.15) is 11.6 Å². The molecule has 3 aromatic rings. The van der Waals surface area contributed by atoms with Crippen molar-refractivity contribution in [1.82, 2.24) is 19.9 Å². The summed E-state index contributed by atoms with van der Waals surface area (Å²) in [4.78, 5) is 24.1. The molecule has 32 heavy (non-hydrogen) atoms. The molecule has 1 N–H and O–H groups in total. The van der Waals surface area contributed by atoms with Crippen molar-refractivity contribution in [2.45, 2.75) is 10.1 Å². The second-order valence-corrected chi connectivity index (χ2v) is 9.04. The number of rotatable bonds is 5. The average Bonchev–Trinajstić information content (AvgIpc) is 3.48. The molecule has 2 aromatic heterocycles. The van der Waals surface area contributed by atoms with E-state index in [0.29, 0.717) is 34.5 Å². The molecule has 5 rings (SSSR count). The fourth-order valence-electron chi connectivity index (χ4n) is 3.43. The molecule has 2 aliphatic heterocycles. The predicted octanol–water partition coefficient (Wildman–Crippen LogP) is 3.93. The molecule has 1 saturated heterocycles. The van der Waals surface area contributed by atoms with Gasteiger partial charge in [-0.3, -0.25) is 4.99 Å². The first-order valence-corrected chi connectivity index (χ1v) is 11.5. The van der Waals surface area contributed by atoms with Crippen molar-refractivity contribution in [3.05, 3.63) is 59.5 Å². The van der Waals surface area contributed by atoms with Gasteiger partial charge in [0, 0.05) is 41.7 Å². The zero-order valence-corrected chi connectivity index (χ0v) is 19.1. The van der Waals surface area contributed by atoms with Crippen LogP contribution < -0.4 is 10.2 Å². The summed E-state index contributed by atoms with van der Waals surface area (Å²) >= 11 is 7.50. The van der Waals surface area contributed by atoms with E-state index in [2.05, 4.69) is 32.1 Å². The lowest BCUT2D eigenvalue weighted by molar-refractivity contribution is 0.311. The number of likely N-dealkylation sites (N-methyl/N-ethyl adjacent to an activating group) is 1. The minimum atomic E-state index is 0.473. The number of piperazine rings is 1. The second-order valence-electron chi connectivity index (χ2n) is 7.56. The molecule has 1 fully saturated rings. The zero-order chi connectivity index (χ0) is 21.9. The first-order valence-electron chi connectivity index (χ1n) is 10.3. The number of nitrogens with zero attached hydrogens (tertiary/aromatic N) is 6. The van der Waals surface area contributed by atoms with Crippen molar-refractivity contribution in [2.75, 3.05) is 50.0 Å². The number of hydrogen-bond donors (Lipinski definition) is 1. The van der Waals surface area contributed by atoms with Gasteiger partial charge in [-0.25, -0.2) is 0 Å². The van der Waals surface area contributed by atoms with Crippen LogP contribution in [0.4, 0.5) is 11.9 Å². The molecule has 0 radical (unpaired) electrons. The van der Waals surface area contributed by atoms with Crippen molar-refractivity contribution in [3.63, 3.8) is 0 Å². The highest BCUT2D eigenvalue weighted by Gasteiger charge is 2.20. The summed E-state index contributed by atoms with van der Waals surface area (Å²) in [5.74, 6) is 2.66. The van der Waals surface area contributed by atoms with Crippen LogP contribution in [0.2, 0.25) is 5.02 Å². The van der Waals surface area contributed by atoms with E-state index in [0.717, 1.165) is 42.4 Å². The highest BCUT2D eigenvalue weighted by atomic mass is 35.5. The Bertz CT molecular complexity index is 1140. The third-order valence-corrected chi connectivity index (χ3v) is 6.35. The van der Waals surface area contributed by atoms with Crippen LogP contribution in [0.15, 0.2) is 68.2 Å². The van der Waals surface area contributed by atoms with Gasteiger partial charge < -0.3 is 19.5 Å². The lowest BCUT2D eigenvalue weighted by atomic mass is 10.2. The molecule has 0 amide bonds. The smallest absolute Gasteiger partial charge is 0.234 e. The van der Waals surface area contributed by atoms with E-state index in [1.54, 1.807) is 6.26 Å². The normalized spacial score (nSPS) is 16.8. The molecule has 0 bridgehead atoms. The number of halogens is 1. The summed E-state index contributed by atoms with van der Waals surface area (Å²) in [5, 5.41) is 4.57. The van der Waals surface area contributed by atoms with E-state index in [9.17, 15) is 0 Å². The molecule has 1 aromatic carbocycles. The Balaban J connectivity index is 1.40. The molecule has 4 heterocycles. The standard InChI is InChI=1S/C22H22ClN7OS/c1-29-8-10-30(11-9-29)21-26-20(25-19-13-15(14-24-19)18-3-2-12-31-18)27-22(28-21)32-17-6-4-16(23)5-7-17/h2-7,12-13H,8-11,14H2,1H3,(H,24,25,26,27,28). The van der Waals surface area contributed by atoms with Gasteiger partial charge in [0.25, 0.3) is 0 Å². The highest BCUT2D eigenvalue weighted by Crippen LogP contribution is 2.28. The summed E-state index contributed by atoms with van der Waals surface area (Å²) < 4.78 is 5.48. The Kier molecular flexibility index (Phi) is 6.11. The third-order valence-electron chi connectivity index (χ3n) is 5.22. The van der Waals surface area contributed by atoms with Gasteiger partial charge in [-0.1, -0.05) is 11.6 Å². The quantitative estimate of drug-likeness (QED) is 0.604. The number of nitrogens with one attached hydrogen (secondary N) is 1. The Morgan fingerprint density at radius 2 is 1.84 bits per heavy atom. The molecule has 164 valence electrons. The van der Waals surface area contributed by atoms with Gasteiger partial charge in [0.2, 0.25) is 11.9 Å². The molecule has 10 heteroatoms. The number of hydrogen-bond acceptors (Lipinski definition) is 9. The summed E-state index contributed by atoms with van der Waals surface area (Å²) in [6, 6.07) is 11.4. The van der Waals surface area contributed by atoms with Gasteiger partial charge in [-0.15, -0.1) is 0 Å². The van der Waals surface area contributed by atoms with Gasteiger partial charge in [-0.05, 0) is 61.3 Å². The first kappa shape index (κ1) is 21.0. The van der Waals surface area contributed by atoms with E-state index >= 15 is 0 Å². The van der Waals surface area contributed by atoms with E-state index in [1.807, 2.05) is 42.5 Å². The Labute approximate surface area is 195 Å². The lowest BCUT2D eigenvalue weighted by Crippen LogP contribution is -2.45. The van der Waals surface area contributed by atoms with Gasteiger partial charge >= 0.3 is 0 Å². The van der Waals surface area contributed by atoms with Crippen molar-refractivity contribution in [1.29, 1.82) is 0 Å². The topological polar surface area (TPSA) is 82.7 Å². The molecule has 0 atom stereocenters. The maximum atomic E-state index is 6.03. The van der Waals surface area contributed by atoms with E-state index in [-0.39, 0.29) is 0 Å². The monoisotopic (exact) mass is 467 g/mol. The fourth-order valence-corrected chi connectivity index (χ4v) is 4.30. The van der Waals surface area contributed by atoms with Crippen LogP contribution in [-0.2, 0) is 0 Å². The summed E-state index contributed by atoms with van der Waals surface area (Å²) in [5.41, 5.74) is 1.02. The van der Waals surface area contributed by atoms with Crippen LogP contribution in [0, 0.1) is 0 Å². The Morgan fingerprint density at radius 3 is 2.59 bits per heavy atom. The maximum Gasteiger partial charge on any atom is 0.234 e. The summed E-state index contributed by atoms with van der Waals surface area (Å²) in [6.07, 6.45) is 3.63. The highest BCUT2D eigenvalue weighted by molar-refractivity contribution is 7.99. The van der Waals surface area contributed by atoms with E-state index in [4.69, 9.17) is 26.0 Å². The molecule has 0 saturated carbocycles. The Hall–Kier alpha value is -2.88. The number of aliphatic imine (C=N–C) groups is 1. The van der Waals surface area contributed by atoms with Crippen molar-refractivity contribution in [3.8, 4) is 0 Å².